The van der Waals surface area contributed by atoms with Crippen LogP contribution in [0.2, 0.25) is 0 Å². The number of nitrogens with zero attached hydrogens (tertiary/aromatic N) is 1. The Bertz CT molecular complexity index is 798. The summed E-state index contributed by atoms with van der Waals surface area (Å²) in [7, 11) is 1.64. The molecule has 1 aliphatic rings. The zero-order valence-corrected chi connectivity index (χ0v) is 15.4. The van der Waals surface area contributed by atoms with Crippen molar-refractivity contribution in [2.75, 3.05) is 13.7 Å². The summed E-state index contributed by atoms with van der Waals surface area (Å²) in [5.41, 5.74) is 1.34. The third-order valence-corrected chi connectivity index (χ3v) is 4.92. The van der Waals surface area contributed by atoms with E-state index in [0.29, 0.717) is 13.0 Å². The normalized spacial score (nSPS) is 16.8. The molecule has 0 spiro atoms. The minimum absolute atomic E-state index is 0.00328. The topological polar surface area (TPSA) is 41.6 Å². The fourth-order valence-electron chi connectivity index (χ4n) is 3.44. The highest BCUT2D eigenvalue weighted by molar-refractivity contribution is 5.78. The van der Waals surface area contributed by atoms with Crippen LogP contribution >= 0.6 is 0 Å². The molecular formula is C21H24F2N2O2. The molecule has 2 aromatic rings. The van der Waals surface area contributed by atoms with Crippen molar-refractivity contribution >= 4 is 5.91 Å². The maximum Gasteiger partial charge on any atom is 0.223 e. The highest BCUT2D eigenvalue weighted by Gasteiger charge is 2.31. The van der Waals surface area contributed by atoms with Crippen LogP contribution in [0.4, 0.5) is 8.78 Å². The van der Waals surface area contributed by atoms with E-state index >= 15 is 0 Å². The average molecular weight is 374 g/mol. The van der Waals surface area contributed by atoms with Gasteiger partial charge in [-0.25, -0.2) is 8.78 Å². The van der Waals surface area contributed by atoms with Gasteiger partial charge in [0.05, 0.1) is 7.11 Å². The van der Waals surface area contributed by atoms with Crippen molar-refractivity contribution in [3.63, 3.8) is 0 Å². The highest BCUT2D eigenvalue weighted by atomic mass is 19.1. The fraction of sp³-hybridized carbons (Fsp3) is 0.381. The maximum atomic E-state index is 13.9. The van der Waals surface area contributed by atoms with E-state index in [2.05, 4.69) is 5.32 Å². The summed E-state index contributed by atoms with van der Waals surface area (Å²) < 4.78 is 32.5. The predicted molar refractivity (Wildman–Crippen MR) is 99.2 cm³/mol. The molecule has 1 aliphatic heterocycles. The van der Waals surface area contributed by atoms with E-state index in [1.807, 2.05) is 24.3 Å². The number of rotatable bonds is 8. The van der Waals surface area contributed by atoms with Crippen LogP contribution in [0, 0.1) is 11.6 Å². The summed E-state index contributed by atoms with van der Waals surface area (Å²) in [6.45, 7) is 1.55. The van der Waals surface area contributed by atoms with Gasteiger partial charge in [0.1, 0.15) is 17.4 Å². The lowest BCUT2D eigenvalue weighted by molar-refractivity contribution is -0.129. The highest BCUT2D eigenvalue weighted by Crippen LogP contribution is 2.25. The van der Waals surface area contributed by atoms with Crippen LogP contribution in [0.3, 0.4) is 0 Å². The number of ether oxygens (including phenoxy) is 1. The van der Waals surface area contributed by atoms with E-state index in [4.69, 9.17) is 4.74 Å². The molecule has 1 saturated heterocycles. The first-order valence-electron chi connectivity index (χ1n) is 9.14. The third-order valence-electron chi connectivity index (χ3n) is 4.92. The van der Waals surface area contributed by atoms with Gasteiger partial charge in [-0.15, -0.1) is 0 Å². The van der Waals surface area contributed by atoms with Crippen molar-refractivity contribution in [2.24, 2.45) is 0 Å². The Hall–Kier alpha value is -2.47. The standard InChI is InChI=1S/C21H24F2N2O2/c1-27-19-4-2-3-15(11-19)13-24-10-9-18-6-8-21(26)25(18)14-16-12-17(22)5-7-20(16)23/h2-5,7,11-12,18,24H,6,8-10,13-14H2,1H3. The zero-order chi connectivity index (χ0) is 19.2. The quantitative estimate of drug-likeness (QED) is 0.718. The first kappa shape index (κ1) is 19.3. The number of benzene rings is 2. The van der Waals surface area contributed by atoms with Gasteiger partial charge in [-0.05, 0) is 55.3 Å². The number of hydrogen-bond donors (Lipinski definition) is 1. The lowest BCUT2D eigenvalue weighted by atomic mass is 10.1. The Kier molecular flexibility index (Phi) is 6.40. The van der Waals surface area contributed by atoms with Gasteiger partial charge >= 0.3 is 0 Å². The molecule has 3 rings (SSSR count). The Morgan fingerprint density at radius 3 is 2.89 bits per heavy atom. The molecular weight excluding hydrogens is 350 g/mol. The van der Waals surface area contributed by atoms with Crippen LogP contribution in [0.1, 0.15) is 30.4 Å². The zero-order valence-electron chi connectivity index (χ0n) is 15.4. The molecule has 0 aliphatic carbocycles. The lowest BCUT2D eigenvalue weighted by Crippen LogP contribution is -2.35. The minimum atomic E-state index is -0.491. The second kappa shape index (κ2) is 8.95. The van der Waals surface area contributed by atoms with Gasteiger partial charge in [-0.1, -0.05) is 12.1 Å². The van der Waals surface area contributed by atoms with Crippen molar-refractivity contribution in [1.82, 2.24) is 10.2 Å². The Morgan fingerprint density at radius 2 is 2.07 bits per heavy atom. The second-order valence-corrected chi connectivity index (χ2v) is 6.77. The molecule has 1 amide bonds. The van der Waals surface area contributed by atoms with Crippen LogP contribution in [0.25, 0.3) is 0 Å². The second-order valence-electron chi connectivity index (χ2n) is 6.77. The van der Waals surface area contributed by atoms with E-state index < -0.39 is 11.6 Å². The van der Waals surface area contributed by atoms with Gasteiger partial charge in [0, 0.05) is 31.1 Å². The molecule has 27 heavy (non-hydrogen) atoms. The van der Waals surface area contributed by atoms with Gasteiger partial charge in [0.25, 0.3) is 0 Å². The van der Waals surface area contributed by atoms with E-state index in [1.54, 1.807) is 12.0 Å². The van der Waals surface area contributed by atoms with Crippen molar-refractivity contribution in [3.05, 3.63) is 65.2 Å². The number of carbonyl (C=O) groups is 1. The van der Waals surface area contributed by atoms with Crippen LogP contribution < -0.4 is 10.1 Å². The number of likely N-dealkylation sites (tertiary alicyclic amines) is 1. The van der Waals surface area contributed by atoms with E-state index in [1.165, 1.54) is 6.07 Å². The molecule has 1 atom stereocenters. The molecule has 0 aromatic heterocycles. The summed E-state index contributed by atoms with van der Waals surface area (Å²) in [6.07, 6.45) is 1.97. The summed E-state index contributed by atoms with van der Waals surface area (Å²) in [5, 5.41) is 3.37. The fourth-order valence-corrected chi connectivity index (χ4v) is 3.44. The smallest absolute Gasteiger partial charge is 0.223 e. The summed E-state index contributed by atoms with van der Waals surface area (Å²) >= 11 is 0. The first-order chi connectivity index (χ1) is 13.1. The monoisotopic (exact) mass is 374 g/mol. The molecule has 1 N–H and O–H groups in total. The molecule has 0 saturated carbocycles. The molecule has 1 unspecified atom stereocenters. The molecule has 2 aromatic carbocycles. The van der Waals surface area contributed by atoms with Gasteiger partial charge in [0.15, 0.2) is 0 Å². The maximum absolute atomic E-state index is 13.9. The van der Waals surface area contributed by atoms with E-state index in [0.717, 1.165) is 42.8 Å². The number of hydrogen-bond acceptors (Lipinski definition) is 3. The number of carbonyl (C=O) groups excluding carboxylic acids is 1. The Morgan fingerprint density at radius 1 is 1.22 bits per heavy atom. The van der Waals surface area contributed by atoms with Crippen molar-refractivity contribution in [3.8, 4) is 5.75 Å². The summed E-state index contributed by atoms with van der Waals surface area (Å²) in [4.78, 5) is 13.9. The number of amides is 1. The van der Waals surface area contributed by atoms with E-state index in [9.17, 15) is 13.6 Å². The molecule has 144 valence electrons. The molecule has 6 heteroatoms. The summed E-state index contributed by atoms with van der Waals surface area (Å²) in [6, 6.07) is 11.2. The van der Waals surface area contributed by atoms with Gasteiger partial charge in [-0.3, -0.25) is 4.79 Å². The number of halogens is 2. The molecule has 0 bridgehead atoms. The third kappa shape index (κ3) is 5.04. The number of nitrogens with one attached hydrogen (secondary N) is 1. The van der Waals surface area contributed by atoms with Gasteiger partial charge < -0.3 is 15.0 Å². The van der Waals surface area contributed by atoms with Gasteiger partial charge in [0.2, 0.25) is 5.91 Å². The largest absolute Gasteiger partial charge is 0.497 e. The lowest BCUT2D eigenvalue weighted by Gasteiger charge is -2.25. The molecule has 1 heterocycles. The molecule has 0 radical (unpaired) electrons. The van der Waals surface area contributed by atoms with Crippen molar-refractivity contribution in [1.29, 1.82) is 0 Å². The average Bonchev–Trinajstić information content (AvgIpc) is 3.02. The van der Waals surface area contributed by atoms with Crippen molar-refractivity contribution in [2.45, 2.75) is 38.4 Å². The Balaban J connectivity index is 1.52. The first-order valence-corrected chi connectivity index (χ1v) is 9.14. The van der Waals surface area contributed by atoms with E-state index in [-0.39, 0.29) is 24.1 Å². The summed E-state index contributed by atoms with van der Waals surface area (Å²) in [5.74, 6) is -0.156. The number of methoxy groups -OCH3 is 1. The van der Waals surface area contributed by atoms with Gasteiger partial charge in [-0.2, -0.15) is 0 Å². The Labute approximate surface area is 158 Å². The predicted octanol–water partition coefficient (Wildman–Crippen LogP) is 3.64. The molecule has 4 nitrogen and oxygen atoms in total. The van der Waals surface area contributed by atoms with Crippen molar-refractivity contribution < 1.29 is 18.3 Å². The SMILES string of the molecule is COc1cccc(CNCCC2CCC(=O)N2Cc2cc(F)ccc2F)c1. The van der Waals surface area contributed by atoms with Crippen LogP contribution in [-0.4, -0.2) is 30.5 Å². The van der Waals surface area contributed by atoms with Crippen LogP contribution in [0.15, 0.2) is 42.5 Å². The minimum Gasteiger partial charge on any atom is -0.497 e. The van der Waals surface area contributed by atoms with Crippen LogP contribution in [0.5, 0.6) is 5.75 Å². The van der Waals surface area contributed by atoms with Crippen LogP contribution in [-0.2, 0) is 17.9 Å². The molecule has 1 fully saturated rings.